The van der Waals surface area contributed by atoms with Gasteiger partial charge >= 0.3 is 0 Å². The van der Waals surface area contributed by atoms with E-state index in [0.717, 1.165) is 12.8 Å². The van der Waals surface area contributed by atoms with Crippen molar-refractivity contribution in [1.82, 2.24) is 4.90 Å². The van der Waals surface area contributed by atoms with Crippen molar-refractivity contribution in [3.8, 4) is 0 Å². The maximum Gasteiger partial charge on any atom is 0.255 e. The summed E-state index contributed by atoms with van der Waals surface area (Å²) in [6, 6.07) is 4.97. The molecule has 1 heterocycles. The predicted octanol–water partition coefficient (Wildman–Crippen LogP) is 2.50. The minimum atomic E-state index is -0.138. The number of piperidine rings is 1. The third-order valence-corrected chi connectivity index (χ3v) is 4.06. The molecule has 1 atom stereocenters. The van der Waals surface area contributed by atoms with E-state index in [1.807, 2.05) is 13.8 Å². The van der Waals surface area contributed by atoms with Crippen LogP contribution in [0.1, 0.15) is 37.0 Å². The van der Waals surface area contributed by atoms with Gasteiger partial charge in [0.1, 0.15) is 0 Å². The Labute approximate surface area is 135 Å². The van der Waals surface area contributed by atoms with E-state index in [-0.39, 0.29) is 23.8 Å². The summed E-state index contributed by atoms with van der Waals surface area (Å²) in [5.41, 5.74) is 6.90. The Morgan fingerprint density at radius 1 is 1.41 bits per heavy atom. The van der Waals surface area contributed by atoms with Gasteiger partial charge in [-0.05, 0) is 31.0 Å². The molecule has 22 heavy (non-hydrogen) atoms. The van der Waals surface area contributed by atoms with E-state index in [0.29, 0.717) is 29.4 Å². The van der Waals surface area contributed by atoms with Gasteiger partial charge in [0, 0.05) is 30.7 Å². The maximum absolute atomic E-state index is 12.6. The second kappa shape index (κ2) is 7.11. The van der Waals surface area contributed by atoms with Crippen LogP contribution in [0, 0.1) is 5.92 Å². The molecule has 1 aromatic carbocycles. The molecule has 1 saturated heterocycles. The smallest absolute Gasteiger partial charge is 0.255 e. The van der Waals surface area contributed by atoms with E-state index in [1.165, 1.54) is 0 Å². The van der Waals surface area contributed by atoms with Crippen LogP contribution in [0.2, 0.25) is 5.02 Å². The molecule has 3 N–H and O–H groups in total. The van der Waals surface area contributed by atoms with Crippen LogP contribution in [0.5, 0.6) is 0 Å². The molecule has 0 aliphatic carbocycles. The number of carbonyl (C=O) groups is 2. The quantitative estimate of drug-likeness (QED) is 0.897. The van der Waals surface area contributed by atoms with E-state index in [2.05, 4.69) is 5.32 Å². The number of benzene rings is 1. The Hall–Kier alpha value is -1.59. The molecule has 2 rings (SSSR count). The Balaban J connectivity index is 2.19. The summed E-state index contributed by atoms with van der Waals surface area (Å²) in [6.07, 6.45) is 1.83. The van der Waals surface area contributed by atoms with Crippen LogP contribution in [0.4, 0.5) is 5.69 Å². The first-order chi connectivity index (χ1) is 10.4. The molecule has 5 nitrogen and oxygen atoms in total. The number of rotatable bonds is 3. The fourth-order valence-corrected chi connectivity index (χ4v) is 2.62. The van der Waals surface area contributed by atoms with Crippen molar-refractivity contribution in [2.45, 2.75) is 32.7 Å². The normalized spacial score (nSPS) is 18.4. The molecule has 6 heteroatoms. The van der Waals surface area contributed by atoms with Gasteiger partial charge in [-0.25, -0.2) is 0 Å². The minimum Gasteiger partial charge on any atom is -0.337 e. The van der Waals surface area contributed by atoms with Crippen molar-refractivity contribution in [3.63, 3.8) is 0 Å². The van der Waals surface area contributed by atoms with Gasteiger partial charge in [-0.3, -0.25) is 9.59 Å². The lowest BCUT2D eigenvalue weighted by atomic mass is 10.0. The molecule has 0 spiro atoms. The molecule has 1 aliphatic heterocycles. The highest BCUT2D eigenvalue weighted by atomic mass is 35.5. The molecule has 0 radical (unpaired) electrons. The number of halogens is 1. The first kappa shape index (κ1) is 16.8. The highest BCUT2D eigenvalue weighted by Gasteiger charge is 2.24. The van der Waals surface area contributed by atoms with E-state index < -0.39 is 0 Å². The molecule has 1 unspecified atom stereocenters. The van der Waals surface area contributed by atoms with Crippen molar-refractivity contribution in [2.24, 2.45) is 11.7 Å². The second-order valence-electron chi connectivity index (χ2n) is 5.99. The summed E-state index contributed by atoms with van der Waals surface area (Å²) < 4.78 is 0. The summed E-state index contributed by atoms with van der Waals surface area (Å²) in [4.78, 5) is 26.1. The summed E-state index contributed by atoms with van der Waals surface area (Å²) >= 11 is 6.15. The van der Waals surface area contributed by atoms with Gasteiger partial charge in [-0.15, -0.1) is 0 Å². The minimum absolute atomic E-state index is 0.0142. The monoisotopic (exact) mass is 323 g/mol. The number of hydrogen-bond donors (Lipinski definition) is 2. The predicted molar refractivity (Wildman–Crippen MR) is 88.0 cm³/mol. The number of hydrogen-bond acceptors (Lipinski definition) is 3. The van der Waals surface area contributed by atoms with Crippen LogP contribution in [0.15, 0.2) is 18.2 Å². The summed E-state index contributed by atoms with van der Waals surface area (Å²) in [7, 11) is 0. The van der Waals surface area contributed by atoms with Gasteiger partial charge in [0.15, 0.2) is 0 Å². The number of nitrogens with zero attached hydrogens (tertiary/aromatic N) is 1. The zero-order valence-corrected chi connectivity index (χ0v) is 13.7. The van der Waals surface area contributed by atoms with Gasteiger partial charge in [0.05, 0.1) is 10.6 Å². The SMILES string of the molecule is CC(C)C(=O)Nc1ccc(Cl)c(C(=O)N2CCCC(N)C2)c1. The standard InChI is InChI=1S/C16H22ClN3O2/c1-10(2)15(21)19-12-5-6-14(17)13(8-12)16(22)20-7-3-4-11(18)9-20/h5-6,8,10-11H,3-4,7,9,18H2,1-2H3,(H,19,21). The molecule has 1 aliphatic rings. The molecule has 2 amide bonds. The molecule has 0 bridgehead atoms. The van der Waals surface area contributed by atoms with Crippen LogP contribution in [0.3, 0.4) is 0 Å². The fraction of sp³-hybridized carbons (Fsp3) is 0.500. The molecular weight excluding hydrogens is 302 g/mol. The lowest BCUT2D eigenvalue weighted by molar-refractivity contribution is -0.118. The van der Waals surface area contributed by atoms with Crippen LogP contribution >= 0.6 is 11.6 Å². The second-order valence-corrected chi connectivity index (χ2v) is 6.40. The van der Waals surface area contributed by atoms with Crippen LogP contribution in [-0.4, -0.2) is 35.8 Å². The lowest BCUT2D eigenvalue weighted by Gasteiger charge is -2.31. The summed E-state index contributed by atoms with van der Waals surface area (Å²) in [5, 5.41) is 3.16. The zero-order valence-electron chi connectivity index (χ0n) is 12.9. The lowest BCUT2D eigenvalue weighted by Crippen LogP contribution is -2.45. The molecule has 120 valence electrons. The molecule has 1 fully saturated rings. The highest BCUT2D eigenvalue weighted by molar-refractivity contribution is 6.34. The fourth-order valence-electron chi connectivity index (χ4n) is 2.42. The Kier molecular flexibility index (Phi) is 5.42. The molecule has 1 aromatic rings. The third-order valence-electron chi connectivity index (χ3n) is 3.73. The van der Waals surface area contributed by atoms with Gasteiger partial charge in [-0.1, -0.05) is 25.4 Å². The van der Waals surface area contributed by atoms with Crippen molar-refractivity contribution in [3.05, 3.63) is 28.8 Å². The van der Waals surface area contributed by atoms with Crippen LogP contribution in [-0.2, 0) is 4.79 Å². The number of amides is 2. The van der Waals surface area contributed by atoms with Gasteiger partial charge in [0.2, 0.25) is 5.91 Å². The van der Waals surface area contributed by atoms with Crippen molar-refractivity contribution < 1.29 is 9.59 Å². The van der Waals surface area contributed by atoms with E-state index in [1.54, 1.807) is 23.1 Å². The van der Waals surface area contributed by atoms with Crippen LogP contribution in [0.25, 0.3) is 0 Å². The van der Waals surface area contributed by atoms with Crippen molar-refractivity contribution in [2.75, 3.05) is 18.4 Å². The average molecular weight is 324 g/mol. The van der Waals surface area contributed by atoms with Crippen molar-refractivity contribution in [1.29, 1.82) is 0 Å². The number of carbonyl (C=O) groups excluding carboxylic acids is 2. The number of nitrogens with two attached hydrogens (primary N) is 1. The number of nitrogens with one attached hydrogen (secondary N) is 1. The van der Waals surface area contributed by atoms with E-state index in [4.69, 9.17) is 17.3 Å². The molecular formula is C16H22ClN3O2. The summed E-state index contributed by atoms with van der Waals surface area (Å²) in [6.45, 7) is 4.85. The number of likely N-dealkylation sites (tertiary alicyclic amines) is 1. The first-order valence-corrected chi connectivity index (χ1v) is 7.91. The van der Waals surface area contributed by atoms with Gasteiger partial charge in [-0.2, -0.15) is 0 Å². The van der Waals surface area contributed by atoms with Gasteiger partial charge < -0.3 is 16.0 Å². The average Bonchev–Trinajstić information content (AvgIpc) is 2.48. The van der Waals surface area contributed by atoms with E-state index >= 15 is 0 Å². The van der Waals surface area contributed by atoms with Crippen molar-refractivity contribution >= 4 is 29.1 Å². The number of anilines is 1. The Morgan fingerprint density at radius 3 is 2.77 bits per heavy atom. The molecule has 0 aromatic heterocycles. The Bertz CT molecular complexity index is 575. The van der Waals surface area contributed by atoms with Gasteiger partial charge in [0.25, 0.3) is 5.91 Å². The third kappa shape index (κ3) is 3.99. The first-order valence-electron chi connectivity index (χ1n) is 7.53. The highest BCUT2D eigenvalue weighted by Crippen LogP contribution is 2.24. The van der Waals surface area contributed by atoms with E-state index in [9.17, 15) is 9.59 Å². The molecule has 0 saturated carbocycles. The largest absolute Gasteiger partial charge is 0.337 e. The van der Waals surface area contributed by atoms with Crippen LogP contribution < -0.4 is 11.1 Å². The Morgan fingerprint density at radius 2 is 2.14 bits per heavy atom. The maximum atomic E-state index is 12.6. The summed E-state index contributed by atoms with van der Waals surface area (Å²) in [5.74, 6) is -0.364. The topological polar surface area (TPSA) is 75.4 Å². The zero-order chi connectivity index (χ0) is 16.3.